The molecule has 5 heteroatoms. The molecule has 1 fully saturated rings. The number of halogens is 2. The van der Waals surface area contributed by atoms with Crippen LogP contribution in [0.1, 0.15) is 31.2 Å². The summed E-state index contributed by atoms with van der Waals surface area (Å²) in [4.78, 5) is 11.7. The third-order valence-corrected chi connectivity index (χ3v) is 3.25. The van der Waals surface area contributed by atoms with Gasteiger partial charge in [-0.05, 0) is 25.0 Å². The summed E-state index contributed by atoms with van der Waals surface area (Å²) in [5.74, 6) is -0.142. The minimum Gasteiger partial charge on any atom is -0.434 e. The number of carbonyl (C=O) groups excluding carboxylic acids is 1. The molecule has 1 aliphatic rings. The zero-order chi connectivity index (χ0) is 14.4. The van der Waals surface area contributed by atoms with Crippen molar-refractivity contribution in [3.05, 3.63) is 35.9 Å². The van der Waals surface area contributed by atoms with Gasteiger partial charge in [-0.3, -0.25) is 4.79 Å². The molecule has 0 saturated heterocycles. The SMILES string of the molecule is O=C(/C=C/c1ccccc1OC(F)F)NC1CCCC1. The van der Waals surface area contributed by atoms with Crippen LogP contribution < -0.4 is 10.1 Å². The van der Waals surface area contributed by atoms with Crippen molar-refractivity contribution in [3.8, 4) is 5.75 Å². The molecule has 1 saturated carbocycles. The summed E-state index contributed by atoms with van der Waals surface area (Å²) in [6.07, 6.45) is 7.13. The molecule has 1 aromatic rings. The summed E-state index contributed by atoms with van der Waals surface area (Å²) in [6.45, 7) is -2.88. The zero-order valence-electron chi connectivity index (χ0n) is 11.0. The van der Waals surface area contributed by atoms with Crippen LogP contribution in [0.25, 0.3) is 6.08 Å². The van der Waals surface area contributed by atoms with Crippen molar-refractivity contribution in [1.29, 1.82) is 0 Å². The van der Waals surface area contributed by atoms with Crippen molar-refractivity contribution < 1.29 is 18.3 Å². The van der Waals surface area contributed by atoms with Crippen molar-refractivity contribution in [1.82, 2.24) is 5.32 Å². The largest absolute Gasteiger partial charge is 0.434 e. The molecule has 1 amide bonds. The highest BCUT2D eigenvalue weighted by Gasteiger charge is 2.15. The lowest BCUT2D eigenvalue weighted by molar-refractivity contribution is -0.117. The van der Waals surface area contributed by atoms with Crippen LogP contribution >= 0.6 is 0 Å². The Morgan fingerprint density at radius 3 is 2.70 bits per heavy atom. The highest BCUT2D eigenvalue weighted by atomic mass is 19.3. The lowest BCUT2D eigenvalue weighted by Gasteiger charge is -2.10. The van der Waals surface area contributed by atoms with E-state index in [1.807, 2.05) is 0 Å². The predicted molar refractivity (Wildman–Crippen MR) is 72.5 cm³/mol. The average Bonchev–Trinajstić information content (AvgIpc) is 2.90. The van der Waals surface area contributed by atoms with Gasteiger partial charge in [-0.2, -0.15) is 8.78 Å². The Bertz CT molecular complexity index is 483. The first kappa shape index (κ1) is 14.5. The van der Waals surface area contributed by atoms with Gasteiger partial charge in [-0.25, -0.2) is 0 Å². The fourth-order valence-corrected chi connectivity index (χ4v) is 2.31. The summed E-state index contributed by atoms with van der Waals surface area (Å²) in [6, 6.07) is 6.61. The molecule has 1 N–H and O–H groups in total. The van der Waals surface area contributed by atoms with Gasteiger partial charge < -0.3 is 10.1 Å². The van der Waals surface area contributed by atoms with E-state index in [-0.39, 0.29) is 17.7 Å². The Morgan fingerprint density at radius 1 is 1.30 bits per heavy atom. The number of carbonyl (C=O) groups is 1. The highest BCUT2D eigenvalue weighted by molar-refractivity contribution is 5.92. The molecule has 0 bridgehead atoms. The van der Waals surface area contributed by atoms with Crippen molar-refractivity contribution >= 4 is 12.0 Å². The van der Waals surface area contributed by atoms with Gasteiger partial charge in [0.05, 0.1) is 0 Å². The van der Waals surface area contributed by atoms with E-state index in [4.69, 9.17) is 0 Å². The second-order valence-electron chi connectivity index (χ2n) is 4.74. The fraction of sp³-hybridized carbons (Fsp3) is 0.400. The molecule has 1 aliphatic carbocycles. The van der Waals surface area contributed by atoms with Gasteiger partial charge in [-0.1, -0.05) is 31.0 Å². The fourth-order valence-electron chi connectivity index (χ4n) is 2.31. The van der Waals surface area contributed by atoms with Gasteiger partial charge in [0.1, 0.15) is 5.75 Å². The molecule has 0 aromatic heterocycles. The van der Waals surface area contributed by atoms with Gasteiger partial charge >= 0.3 is 6.61 Å². The van der Waals surface area contributed by atoms with E-state index in [1.54, 1.807) is 18.2 Å². The molecule has 0 spiro atoms. The van der Waals surface area contributed by atoms with Crippen molar-refractivity contribution in [2.45, 2.75) is 38.3 Å². The topological polar surface area (TPSA) is 38.3 Å². The van der Waals surface area contributed by atoms with E-state index in [0.29, 0.717) is 5.56 Å². The second-order valence-corrected chi connectivity index (χ2v) is 4.74. The lowest BCUT2D eigenvalue weighted by Crippen LogP contribution is -2.30. The molecule has 108 valence electrons. The van der Waals surface area contributed by atoms with Crippen molar-refractivity contribution in [2.75, 3.05) is 0 Å². The number of hydrogen-bond acceptors (Lipinski definition) is 2. The maximum atomic E-state index is 12.2. The minimum absolute atomic E-state index is 0.0624. The third kappa shape index (κ3) is 4.33. The molecule has 0 aliphatic heterocycles. The highest BCUT2D eigenvalue weighted by Crippen LogP contribution is 2.21. The zero-order valence-corrected chi connectivity index (χ0v) is 11.0. The Morgan fingerprint density at radius 2 is 2.00 bits per heavy atom. The van der Waals surface area contributed by atoms with Crippen LogP contribution in [-0.4, -0.2) is 18.6 Å². The summed E-state index contributed by atoms with van der Waals surface area (Å²) in [5.41, 5.74) is 0.453. The van der Waals surface area contributed by atoms with E-state index in [2.05, 4.69) is 10.1 Å². The molecule has 0 radical (unpaired) electrons. The number of alkyl halides is 2. The van der Waals surface area contributed by atoms with E-state index in [9.17, 15) is 13.6 Å². The molecule has 20 heavy (non-hydrogen) atoms. The number of benzene rings is 1. The molecule has 2 rings (SSSR count). The number of amides is 1. The number of rotatable bonds is 5. The molecule has 3 nitrogen and oxygen atoms in total. The van der Waals surface area contributed by atoms with Crippen molar-refractivity contribution in [2.24, 2.45) is 0 Å². The Balaban J connectivity index is 1.97. The van der Waals surface area contributed by atoms with Crippen LogP contribution in [0.2, 0.25) is 0 Å². The van der Waals surface area contributed by atoms with Crippen LogP contribution in [0.5, 0.6) is 5.75 Å². The minimum atomic E-state index is -2.88. The maximum Gasteiger partial charge on any atom is 0.387 e. The Hall–Kier alpha value is -1.91. The Kier molecular flexibility index (Phi) is 5.09. The smallest absolute Gasteiger partial charge is 0.387 e. The first-order valence-corrected chi connectivity index (χ1v) is 6.67. The van der Waals surface area contributed by atoms with Crippen LogP contribution in [-0.2, 0) is 4.79 Å². The quantitative estimate of drug-likeness (QED) is 0.840. The predicted octanol–water partition coefficient (Wildman–Crippen LogP) is 3.36. The van der Waals surface area contributed by atoms with Crippen molar-refractivity contribution in [3.63, 3.8) is 0 Å². The number of para-hydroxylation sites is 1. The van der Waals surface area contributed by atoms with Gasteiger partial charge in [0.25, 0.3) is 0 Å². The molecule has 0 unspecified atom stereocenters. The van der Waals surface area contributed by atoms with E-state index < -0.39 is 6.61 Å². The standard InChI is InChI=1S/C15H17F2NO2/c16-15(17)20-13-8-4-1-5-11(13)9-10-14(19)18-12-6-2-3-7-12/h1,4-5,8-10,12,15H,2-3,6-7H2,(H,18,19)/b10-9+. The molecule has 1 aromatic carbocycles. The van der Waals surface area contributed by atoms with E-state index >= 15 is 0 Å². The number of hydrogen-bond donors (Lipinski definition) is 1. The van der Waals surface area contributed by atoms with Gasteiger partial charge in [0.2, 0.25) is 5.91 Å². The van der Waals surface area contributed by atoms with Crippen LogP contribution in [0.15, 0.2) is 30.3 Å². The monoisotopic (exact) mass is 281 g/mol. The maximum absolute atomic E-state index is 12.2. The van der Waals surface area contributed by atoms with Gasteiger partial charge in [-0.15, -0.1) is 0 Å². The lowest BCUT2D eigenvalue weighted by atomic mass is 10.2. The summed E-state index contributed by atoms with van der Waals surface area (Å²) in [7, 11) is 0. The number of nitrogens with one attached hydrogen (secondary N) is 1. The van der Waals surface area contributed by atoms with Crippen LogP contribution in [0.3, 0.4) is 0 Å². The first-order chi connectivity index (χ1) is 9.65. The summed E-state index contributed by atoms with van der Waals surface area (Å²) in [5, 5.41) is 2.89. The van der Waals surface area contributed by atoms with E-state index in [0.717, 1.165) is 25.7 Å². The summed E-state index contributed by atoms with van der Waals surface area (Å²) >= 11 is 0. The number of ether oxygens (including phenoxy) is 1. The third-order valence-electron chi connectivity index (χ3n) is 3.25. The van der Waals surface area contributed by atoms with Gasteiger partial charge in [0, 0.05) is 17.7 Å². The summed E-state index contributed by atoms with van der Waals surface area (Å²) < 4.78 is 28.9. The average molecular weight is 281 g/mol. The van der Waals surface area contributed by atoms with Gasteiger partial charge in [0.15, 0.2) is 0 Å². The van der Waals surface area contributed by atoms with E-state index in [1.165, 1.54) is 18.2 Å². The molecular formula is C15H17F2NO2. The molecular weight excluding hydrogens is 264 g/mol. The van der Waals surface area contributed by atoms with Crippen LogP contribution in [0.4, 0.5) is 8.78 Å². The Labute approximate surface area is 116 Å². The normalized spacial score (nSPS) is 15.9. The molecule has 0 heterocycles. The second kappa shape index (κ2) is 7.03. The molecule has 0 atom stereocenters. The van der Waals surface area contributed by atoms with Crippen LogP contribution in [0, 0.1) is 0 Å². The first-order valence-electron chi connectivity index (χ1n) is 6.67.